The first-order valence-electron chi connectivity index (χ1n) is 10.2. The Labute approximate surface area is 196 Å². The predicted octanol–water partition coefficient (Wildman–Crippen LogP) is 4.32. The lowest BCUT2D eigenvalue weighted by Gasteiger charge is -2.25. The standard InChI is InChI=1S/C24H16F3N3O5/c25-24(26,27)14-29-19-9-5-4-8-18(19)20(15-6-2-1-3-7-15)28-21(22(29)31)23(32)35-17-12-10-16(11-13-17)30(33)34/h1-13,21H,14H2/t21-/m1/s1. The number of hydrogen-bond donors (Lipinski definition) is 0. The molecule has 0 saturated carbocycles. The van der Waals surface area contributed by atoms with Gasteiger partial charge in [0.15, 0.2) is 0 Å². The third-order valence-corrected chi connectivity index (χ3v) is 5.08. The fourth-order valence-corrected chi connectivity index (χ4v) is 3.56. The van der Waals surface area contributed by atoms with Gasteiger partial charge in [-0.25, -0.2) is 4.79 Å². The van der Waals surface area contributed by atoms with E-state index in [0.717, 1.165) is 24.3 Å². The van der Waals surface area contributed by atoms with Crippen molar-refractivity contribution in [2.75, 3.05) is 11.4 Å². The van der Waals surface area contributed by atoms with Crippen LogP contribution in [0.25, 0.3) is 0 Å². The number of non-ortho nitro benzene ring substituents is 1. The first kappa shape index (κ1) is 23.6. The summed E-state index contributed by atoms with van der Waals surface area (Å²) in [4.78, 5) is 41.2. The number of halogens is 3. The lowest BCUT2D eigenvalue weighted by Crippen LogP contribution is -2.47. The second kappa shape index (κ2) is 9.37. The number of anilines is 1. The molecule has 1 amide bonds. The third kappa shape index (κ3) is 5.18. The van der Waals surface area contributed by atoms with Crippen molar-refractivity contribution in [1.29, 1.82) is 0 Å². The van der Waals surface area contributed by atoms with E-state index < -0.39 is 35.6 Å². The van der Waals surface area contributed by atoms with Crippen molar-refractivity contribution in [3.8, 4) is 5.75 Å². The van der Waals surface area contributed by atoms with Crippen LogP contribution in [0.2, 0.25) is 0 Å². The summed E-state index contributed by atoms with van der Waals surface area (Å²) in [6, 6.07) is 16.8. The molecule has 0 fully saturated rings. The number of benzodiazepines with no additional fused rings is 1. The Morgan fingerprint density at radius 2 is 1.63 bits per heavy atom. The average Bonchev–Trinajstić information content (AvgIpc) is 2.94. The third-order valence-electron chi connectivity index (χ3n) is 5.08. The minimum Gasteiger partial charge on any atom is -0.425 e. The molecule has 178 valence electrons. The van der Waals surface area contributed by atoms with Crippen molar-refractivity contribution in [2.24, 2.45) is 4.99 Å². The smallest absolute Gasteiger partial charge is 0.406 e. The molecule has 35 heavy (non-hydrogen) atoms. The number of carbonyl (C=O) groups excluding carboxylic acids is 2. The average molecular weight is 483 g/mol. The maximum Gasteiger partial charge on any atom is 0.406 e. The summed E-state index contributed by atoms with van der Waals surface area (Å²) in [6.45, 7) is -1.64. The maximum atomic E-state index is 13.4. The number of esters is 1. The van der Waals surface area contributed by atoms with Gasteiger partial charge in [-0.05, 0) is 18.2 Å². The van der Waals surface area contributed by atoms with Crippen LogP contribution in [-0.2, 0) is 9.59 Å². The number of ether oxygens (including phenoxy) is 1. The molecule has 1 aliphatic heterocycles. The van der Waals surface area contributed by atoms with E-state index >= 15 is 0 Å². The van der Waals surface area contributed by atoms with Crippen LogP contribution in [0.3, 0.4) is 0 Å². The lowest BCUT2D eigenvalue weighted by atomic mass is 10.0. The van der Waals surface area contributed by atoms with Gasteiger partial charge in [0.25, 0.3) is 11.6 Å². The molecule has 0 unspecified atom stereocenters. The van der Waals surface area contributed by atoms with Crippen molar-refractivity contribution in [3.63, 3.8) is 0 Å². The molecule has 0 saturated heterocycles. The fraction of sp³-hybridized carbons (Fsp3) is 0.125. The number of para-hydroxylation sites is 1. The molecule has 3 aromatic rings. The molecular weight excluding hydrogens is 467 g/mol. The van der Waals surface area contributed by atoms with Gasteiger partial charge in [0.2, 0.25) is 6.04 Å². The van der Waals surface area contributed by atoms with Gasteiger partial charge in [-0.2, -0.15) is 13.2 Å². The normalized spacial score (nSPS) is 15.6. The number of alkyl halides is 3. The minimum atomic E-state index is -4.76. The predicted molar refractivity (Wildman–Crippen MR) is 119 cm³/mol. The van der Waals surface area contributed by atoms with Gasteiger partial charge in [0.1, 0.15) is 12.3 Å². The van der Waals surface area contributed by atoms with Gasteiger partial charge in [-0.15, -0.1) is 0 Å². The Hall–Kier alpha value is -4.54. The van der Waals surface area contributed by atoms with Crippen LogP contribution in [0.5, 0.6) is 5.75 Å². The zero-order valence-electron chi connectivity index (χ0n) is 17.8. The van der Waals surface area contributed by atoms with Crippen molar-refractivity contribution < 1.29 is 32.4 Å². The summed E-state index contributed by atoms with van der Waals surface area (Å²) in [5.74, 6) is -2.57. The molecule has 0 aromatic heterocycles. The number of nitrogens with zero attached hydrogens (tertiary/aromatic N) is 3. The topological polar surface area (TPSA) is 102 Å². The van der Waals surface area contributed by atoms with Gasteiger partial charge in [-0.1, -0.05) is 48.5 Å². The van der Waals surface area contributed by atoms with E-state index in [1.807, 2.05) is 0 Å². The second-order valence-electron chi connectivity index (χ2n) is 7.48. The summed E-state index contributed by atoms with van der Waals surface area (Å²) in [6.07, 6.45) is -4.76. The number of amides is 1. The highest BCUT2D eigenvalue weighted by Crippen LogP contribution is 2.32. The Morgan fingerprint density at radius 1 is 1.00 bits per heavy atom. The minimum absolute atomic E-state index is 0.0527. The number of aliphatic imine (C=N–C) groups is 1. The molecule has 0 spiro atoms. The molecule has 1 heterocycles. The first-order valence-corrected chi connectivity index (χ1v) is 10.2. The molecular formula is C24H16F3N3O5. The van der Waals surface area contributed by atoms with E-state index in [1.165, 1.54) is 18.2 Å². The molecule has 1 aliphatic rings. The van der Waals surface area contributed by atoms with E-state index in [2.05, 4.69) is 4.99 Å². The Morgan fingerprint density at radius 3 is 2.26 bits per heavy atom. The number of nitro groups is 1. The largest absolute Gasteiger partial charge is 0.425 e. The van der Waals surface area contributed by atoms with Gasteiger partial charge >= 0.3 is 12.1 Å². The number of fused-ring (bicyclic) bond motifs is 1. The number of hydrogen-bond acceptors (Lipinski definition) is 6. The zero-order valence-corrected chi connectivity index (χ0v) is 17.8. The Balaban J connectivity index is 1.79. The van der Waals surface area contributed by atoms with Crippen LogP contribution < -0.4 is 9.64 Å². The van der Waals surface area contributed by atoms with Crippen LogP contribution >= 0.6 is 0 Å². The van der Waals surface area contributed by atoms with E-state index in [9.17, 15) is 32.9 Å². The van der Waals surface area contributed by atoms with E-state index in [4.69, 9.17) is 4.74 Å². The molecule has 4 rings (SSSR count). The lowest BCUT2D eigenvalue weighted by molar-refractivity contribution is -0.384. The van der Waals surface area contributed by atoms with Crippen LogP contribution in [0.15, 0.2) is 83.9 Å². The molecule has 8 nitrogen and oxygen atoms in total. The molecule has 3 aromatic carbocycles. The SMILES string of the molecule is O=C(Oc1ccc([N+](=O)[O-])cc1)[C@@H]1N=C(c2ccccc2)c2ccccc2N(CC(F)(F)F)C1=O. The van der Waals surface area contributed by atoms with Crippen LogP contribution in [-0.4, -0.2) is 41.3 Å². The fourth-order valence-electron chi connectivity index (χ4n) is 3.56. The summed E-state index contributed by atoms with van der Waals surface area (Å²) in [7, 11) is 0. The summed E-state index contributed by atoms with van der Waals surface area (Å²) < 4.78 is 45.5. The van der Waals surface area contributed by atoms with E-state index in [-0.39, 0.29) is 28.4 Å². The number of carbonyl (C=O) groups is 2. The van der Waals surface area contributed by atoms with Gasteiger partial charge in [0, 0.05) is 23.3 Å². The van der Waals surface area contributed by atoms with E-state index in [0.29, 0.717) is 10.5 Å². The van der Waals surface area contributed by atoms with Gasteiger partial charge in [-0.3, -0.25) is 19.9 Å². The number of rotatable bonds is 5. The Kier molecular flexibility index (Phi) is 6.32. The second-order valence-corrected chi connectivity index (χ2v) is 7.48. The first-order chi connectivity index (χ1) is 16.6. The van der Waals surface area contributed by atoms with Crippen LogP contribution in [0.4, 0.5) is 24.5 Å². The quantitative estimate of drug-likeness (QED) is 0.177. The number of benzene rings is 3. The van der Waals surface area contributed by atoms with Crippen molar-refractivity contribution >= 4 is 29.0 Å². The summed E-state index contributed by atoms with van der Waals surface area (Å²) in [5, 5.41) is 10.8. The van der Waals surface area contributed by atoms with Crippen LogP contribution in [0.1, 0.15) is 11.1 Å². The van der Waals surface area contributed by atoms with Gasteiger partial charge < -0.3 is 9.64 Å². The highest BCUT2D eigenvalue weighted by Gasteiger charge is 2.42. The molecule has 0 radical (unpaired) electrons. The molecule has 11 heteroatoms. The molecule has 0 bridgehead atoms. The molecule has 0 aliphatic carbocycles. The number of nitro benzene ring substituents is 1. The van der Waals surface area contributed by atoms with Crippen molar-refractivity contribution in [2.45, 2.75) is 12.2 Å². The van der Waals surface area contributed by atoms with Crippen LogP contribution in [0, 0.1) is 10.1 Å². The molecule has 1 atom stereocenters. The highest BCUT2D eigenvalue weighted by molar-refractivity contribution is 6.23. The maximum absolute atomic E-state index is 13.4. The Bertz CT molecular complexity index is 1310. The summed E-state index contributed by atoms with van der Waals surface area (Å²) >= 11 is 0. The summed E-state index contributed by atoms with van der Waals surface area (Å²) in [5.41, 5.74) is 0.552. The van der Waals surface area contributed by atoms with E-state index in [1.54, 1.807) is 36.4 Å². The highest BCUT2D eigenvalue weighted by atomic mass is 19.4. The van der Waals surface area contributed by atoms with Crippen molar-refractivity contribution in [1.82, 2.24) is 0 Å². The monoisotopic (exact) mass is 483 g/mol. The zero-order chi connectivity index (χ0) is 25.2. The molecule has 0 N–H and O–H groups in total. The van der Waals surface area contributed by atoms with Crippen molar-refractivity contribution in [3.05, 3.63) is 100 Å². The van der Waals surface area contributed by atoms with Gasteiger partial charge in [0.05, 0.1) is 16.3 Å².